The third kappa shape index (κ3) is 4.72. The Balaban J connectivity index is 1.70. The predicted molar refractivity (Wildman–Crippen MR) is 109 cm³/mol. The summed E-state index contributed by atoms with van der Waals surface area (Å²) in [5.74, 6) is -0.281. The van der Waals surface area contributed by atoms with Gasteiger partial charge in [0.25, 0.3) is 0 Å². The molecule has 0 atom stereocenters. The number of ether oxygens (including phenoxy) is 1. The van der Waals surface area contributed by atoms with E-state index in [0.29, 0.717) is 32.8 Å². The Labute approximate surface area is 166 Å². The molecule has 1 aliphatic heterocycles. The van der Waals surface area contributed by atoms with Gasteiger partial charge in [0, 0.05) is 31.9 Å². The molecule has 3 rings (SSSR count). The average Bonchev–Trinajstić information content (AvgIpc) is 2.73. The monoisotopic (exact) mass is 402 g/mol. The second-order valence-corrected chi connectivity index (χ2v) is 9.18. The molecule has 1 aliphatic rings. The normalized spacial score (nSPS) is 15.6. The molecular formula is C21H26N2O4S. The molecule has 1 saturated heterocycles. The highest BCUT2D eigenvalue weighted by Gasteiger charge is 2.29. The number of esters is 1. The van der Waals surface area contributed by atoms with Crippen molar-refractivity contribution in [3.8, 4) is 0 Å². The van der Waals surface area contributed by atoms with Crippen molar-refractivity contribution < 1.29 is 17.9 Å². The Morgan fingerprint density at radius 1 is 1.00 bits per heavy atom. The van der Waals surface area contributed by atoms with Crippen molar-refractivity contribution >= 4 is 21.7 Å². The molecule has 2 aromatic rings. The Kier molecular flexibility index (Phi) is 6.36. The summed E-state index contributed by atoms with van der Waals surface area (Å²) in [5, 5.41) is 0. The summed E-state index contributed by atoms with van der Waals surface area (Å²) in [6.07, 6.45) is 0. The summed E-state index contributed by atoms with van der Waals surface area (Å²) in [7, 11) is -3.66. The fraction of sp³-hybridized carbons (Fsp3) is 0.381. The van der Waals surface area contributed by atoms with Crippen LogP contribution in [0.2, 0.25) is 0 Å². The Hall–Kier alpha value is -2.38. The summed E-state index contributed by atoms with van der Waals surface area (Å²) >= 11 is 0. The van der Waals surface area contributed by atoms with Crippen LogP contribution in [0.15, 0.2) is 59.5 Å². The molecule has 0 N–H and O–H groups in total. The lowest BCUT2D eigenvalue weighted by molar-refractivity contribution is 0.0458. The van der Waals surface area contributed by atoms with Gasteiger partial charge in [0.2, 0.25) is 10.0 Å². The molecule has 0 saturated carbocycles. The highest BCUT2D eigenvalue weighted by molar-refractivity contribution is 7.89. The molecule has 0 aromatic heterocycles. The zero-order valence-electron chi connectivity index (χ0n) is 16.2. The number of para-hydroxylation sites is 1. The van der Waals surface area contributed by atoms with Crippen LogP contribution in [-0.4, -0.2) is 51.5 Å². The van der Waals surface area contributed by atoms with E-state index in [2.05, 4.69) is 4.90 Å². The van der Waals surface area contributed by atoms with Gasteiger partial charge in [-0.05, 0) is 36.2 Å². The van der Waals surface area contributed by atoms with E-state index in [1.165, 1.54) is 16.4 Å². The number of anilines is 1. The van der Waals surface area contributed by atoms with Crippen LogP contribution in [-0.2, 0) is 14.8 Å². The molecule has 0 amide bonds. The molecule has 0 radical (unpaired) electrons. The fourth-order valence-electron chi connectivity index (χ4n) is 3.08. The number of piperazine rings is 1. The lowest BCUT2D eigenvalue weighted by Crippen LogP contribution is -2.48. The number of nitrogens with zero attached hydrogens (tertiary/aromatic N) is 2. The van der Waals surface area contributed by atoms with Gasteiger partial charge in [-0.3, -0.25) is 0 Å². The first-order valence-electron chi connectivity index (χ1n) is 9.45. The average molecular weight is 403 g/mol. The zero-order valence-corrected chi connectivity index (χ0v) is 17.1. The molecule has 2 aromatic carbocycles. The van der Waals surface area contributed by atoms with E-state index in [1.54, 1.807) is 12.1 Å². The van der Waals surface area contributed by atoms with Gasteiger partial charge in [0.05, 0.1) is 17.1 Å². The summed E-state index contributed by atoms with van der Waals surface area (Å²) < 4.78 is 32.7. The van der Waals surface area contributed by atoms with Crippen LogP contribution in [0.1, 0.15) is 24.2 Å². The first-order valence-corrected chi connectivity index (χ1v) is 10.9. The first kappa shape index (κ1) is 20.4. The Bertz CT molecular complexity index is 905. The summed E-state index contributed by atoms with van der Waals surface area (Å²) in [6, 6.07) is 16.1. The molecule has 6 nitrogen and oxygen atoms in total. The maximum absolute atomic E-state index is 13.0. The molecule has 7 heteroatoms. The topological polar surface area (TPSA) is 66.9 Å². The molecule has 1 heterocycles. The van der Waals surface area contributed by atoms with Gasteiger partial charge in [0.15, 0.2) is 0 Å². The van der Waals surface area contributed by atoms with Gasteiger partial charge in [-0.1, -0.05) is 38.1 Å². The summed E-state index contributed by atoms with van der Waals surface area (Å²) in [6.45, 7) is 6.25. The second kappa shape index (κ2) is 8.75. The highest BCUT2D eigenvalue weighted by Crippen LogP contribution is 2.22. The van der Waals surface area contributed by atoms with E-state index in [0.717, 1.165) is 5.69 Å². The smallest absolute Gasteiger partial charge is 0.338 e. The van der Waals surface area contributed by atoms with Crippen molar-refractivity contribution in [3.05, 3.63) is 60.2 Å². The minimum Gasteiger partial charge on any atom is -0.462 e. The van der Waals surface area contributed by atoms with E-state index in [1.807, 2.05) is 44.2 Å². The van der Waals surface area contributed by atoms with E-state index < -0.39 is 16.0 Å². The minimum atomic E-state index is -3.66. The van der Waals surface area contributed by atoms with E-state index in [9.17, 15) is 13.2 Å². The number of rotatable bonds is 6. The first-order chi connectivity index (χ1) is 13.4. The predicted octanol–water partition coefficient (Wildman–Crippen LogP) is 3.01. The third-order valence-corrected chi connectivity index (χ3v) is 6.51. The Morgan fingerprint density at radius 3 is 2.32 bits per heavy atom. The van der Waals surface area contributed by atoms with E-state index >= 15 is 0 Å². The van der Waals surface area contributed by atoms with Gasteiger partial charge >= 0.3 is 5.97 Å². The van der Waals surface area contributed by atoms with E-state index in [-0.39, 0.29) is 16.4 Å². The van der Waals surface area contributed by atoms with Crippen molar-refractivity contribution in [2.75, 3.05) is 37.7 Å². The van der Waals surface area contributed by atoms with Crippen LogP contribution >= 0.6 is 0 Å². The van der Waals surface area contributed by atoms with Crippen molar-refractivity contribution in [2.45, 2.75) is 18.7 Å². The number of carbonyl (C=O) groups is 1. The van der Waals surface area contributed by atoms with Crippen molar-refractivity contribution in [1.29, 1.82) is 0 Å². The quantitative estimate of drug-likeness (QED) is 0.695. The van der Waals surface area contributed by atoms with Crippen molar-refractivity contribution in [3.63, 3.8) is 0 Å². The maximum atomic E-state index is 13.0. The number of hydrogen-bond acceptors (Lipinski definition) is 5. The van der Waals surface area contributed by atoms with Crippen molar-refractivity contribution in [1.82, 2.24) is 4.31 Å². The number of carbonyl (C=O) groups excluding carboxylic acids is 1. The van der Waals surface area contributed by atoms with Gasteiger partial charge < -0.3 is 9.64 Å². The molecule has 150 valence electrons. The largest absolute Gasteiger partial charge is 0.462 e. The molecule has 1 fully saturated rings. The summed E-state index contributed by atoms with van der Waals surface area (Å²) in [4.78, 5) is 14.5. The minimum absolute atomic E-state index is 0.125. The SMILES string of the molecule is CC(C)COC(=O)c1cccc(S(=O)(=O)N2CCN(c3ccccc3)CC2)c1. The number of benzene rings is 2. The van der Waals surface area contributed by atoms with Crippen LogP contribution < -0.4 is 4.90 Å². The molecule has 0 unspecified atom stereocenters. The third-order valence-electron chi connectivity index (χ3n) is 4.62. The molecule has 0 bridgehead atoms. The van der Waals surface area contributed by atoms with Gasteiger partial charge in [-0.2, -0.15) is 4.31 Å². The van der Waals surface area contributed by atoms with Crippen LogP contribution in [0.3, 0.4) is 0 Å². The van der Waals surface area contributed by atoms with E-state index in [4.69, 9.17) is 4.74 Å². The highest BCUT2D eigenvalue weighted by atomic mass is 32.2. The van der Waals surface area contributed by atoms with Crippen LogP contribution in [0.5, 0.6) is 0 Å². The lowest BCUT2D eigenvalue weighted by atomic mass is 10.2. The molecule has 0 spiro atoms. The summed E-state index contributed by atoms with van der Waals surface area (Å²) in [5.41, 5.74) is 1.35. The van der Waals surface area contributed by atoms with Crippen LogP contribution in [0, 0.1) is 5.92 Å². The van der Waals surface area contributed by atoms with Gasteiger partial charge in [-0.15, -0.1) is 0 Å². The zero-order chi connectivity index (χ0) is 20.1. The molecular weight excluding hydrogens is 376 g/mol. The fourth-order valence-corrected chi connectivity index (χ4v) is 4.55. The molecule has 28 heavy (non-hydrogen) atoms. The standard InChI is InChI=1S/C21H26N2O4S/c1-17(2)16-27-21(24)18-7-6-10-20(15-18)28(25,26)23-13-11-22(12-14-23)19-8-4-3-5-9-19/h3-10,15,17H,11-14,16H2,1-2H3. The van der Waals surface area contributed by atoms with Gasteiger partial charge in [-0.25, -0.2) is 13.2 Å². The number of hydrogen-bond donors (Lipinski definition) is 0. The lowest BCUT2D eigenvalue weighted by Gasteiger charge is -2.35. The van der Waals surface area contributed by atoms with Crippen molar-refractivity contribution in [2.24, 2.45) is 5.92 Å². The second-order valence-electron chi connectivity index (χ2n) is 7.25. The van der Waals surface area contributed by atoms with Crippen LogP contribution in [0.25, 0.3) is 0 Å². The van der Waals surface area contributed by atoms with Crippen LogP contribution in [0.4, 0.5) is 5.69 Å². The molecule has 0 aliphatic carbocycles. The maximum Gasteiger partial charge on any atom is 0.338 e. The van der Waals surface area contributed by atoms with Gasteiger partial charge in [0.1, 0.15) is 0 Å². The number of sulfonamides is 1. The Morgan fingerprint density at radius 2 is 1.68 bits per heavy atom.